The number of imide groups is 1. The lowest BCUT2D eigenvalue weighted by Crippen LogP contribution is -2.48. The van der Waals surface area contributed by atoms with Crippen LogP contribution in [0.25, 0.3) is 0 Å². The number of hydrogen-bond donors (Lipinski definition) is 1. The average molecular weight is 299 g/mol. The normalized spacial score (nSPS) is 17.8. The molecule has 1 aliphatic heterocycles. The first-order valence-corrected chi connectivity index (χ1v) is 7.06. The standard InChI is InChI=1S/C13H19ClN4O2/c1-5-13(6-2)11(19)15-12(20)18(13)7-9-8(3)16-17(4)10(9)14/h5-7H2,1-4H3,(H,15,19,20). The first kappa shape index (κ1) is 14.8. The predicted octanol–water partition coefficient (Wildman–Crippen LogP) is 1.99. The summed E-state index contributed by atoms with van der Waals surface area (Å²) in [4.78, 5) is 25.8. The van der Waals surface area contributed by atoms with Crippen LogP contribution in [0, 0.1) is 6.92 Å². The second kappa shape index (κ2) is 5.09. The van der Waals surface area contributed by atoms with Crippen LogP contribution in [0.15, 0.2) is 0 Å². The monoisotopic (exact) mass is 298 g/mol. The van der Waals surface area contributed by atoms with Gasteiger partial charge in [-0.15, -0.1) is 0 Å². The molecule has 2 heterocycles. The molecule has 1 aromatic rings. The molecule has 1 N–H and O–H groups in total. The molecule has 1 fully saturated rings. The van der Waals surface area contributed by atoms with Gasteiger partial charge in [-0.1, -0.05) is 25.4 Å². The molecule has 110 valence electrons. The van der Waals surface area contributed by atoms with Crippen LogP contribution in [0.3, 0.4) is 0 Å². The van der Waals surface area contributed by atoms with Crippen molar-refractivity contribution in [3.05, 3.63) is 16.4 Å². The van der Waals surface area contributed by atoms with E-state index in [0.717, 1.165) is 11.3 Å². The summed E-state index contributed by atoms with van der Waals surface area (Å²) < 4.78 is 1.57. The van der Waals surface area contributed by atoms with Gasteiger partial charge < -0.3 is 4.90 Å². The van der Waals surface area contributed by atoms with Gasteiger partial charge in [0.25, 0.3) is 5.91 Å². The number of halogens is 1. The molecule has 7 heteroatoms. The Balaban J connectivity index is 2.40. The van der Waals surface area contributed by atoms with Gasteiger partial charge in [-0.2, -0.15) is 5.10 Å². The van der Waals surface area contributed by atoms with Crippen LogP contribution in [-0.2, 0) is 18.4 Å². The first-order valence-electron chi connectivity index (χ1n) is 6.68. The quantitative estimate of drug-likeness (QED) is 0.865. The molecule has 20 heavy (non-hydrogen) atoms. The summed E-state index contributed by atoms with van der Waals surface area (Å²) in [6, 6.07) is -0.363. The molecule has 1 aromatic heterocycles. The number of nitrogens with zero attached hydrogens (tertiary/aromatic N) is 3. The van der Waals surface area contributed by atoms with Gasteiger partial charge in [0.15, 0.2) is 0 Å². The van der Waals surface area contributed by atoms with E-state index >= 15 is 0 Å². The second-order valence-corrected chi connectivity index (χ2v) is 5.42. The maximum absolute atomic E-state index is 12.1. The van der Waals surface area contributed by atoms with Crippen molar-refractivity contribution >= 4 is 23.5 Å². The highest BCUT2D eigenvalue weighted by molar-refractivity contribution is 6.30. The predicted molar refractivity (Wildman–Crippen MR) is 75.3 cm³/mol. The number of hydrogen-bond acceptors (Lipinski definition) is 3. The maximum Gasteiger partial charge on any atom is 0.325 e. The van der Waals surface area contributed by atoms with Gasteiger partial charge in [0.05, 0.1) is 12.2 Å². The number of aromatic nitrogens is 2. The van der Waals surface area contributed by atoms with Gasteiger partial charge in [-0.05, 0) is 19.8 Å². The number of nitrogens with one attached hydrogen (secondary N) is 1. The van der Waals surface area contributed by atoms with Crippen molar-refractivity contribution in [1.82, 2.24) is 20.0 Å². The lowest BCUT2D eigenvalue weighted by Gasteiger charge is -2.33. The molecule has 0 bridgehead atoms. The molecular formula is C13H19ClN4O2. The Hall–Kier alpha value is -1.56. The number of carbonyl (C=O) groups is 2. The third-order valence-corrected chi connectivity index (χ3v) is 4.63. The molecule has 2 rings (SSSR count). The van der Waals surface area contributed by atoms with Crippen LogP contribution in [0.1, 0.15) is 37.9 Å². The summed E-state index contributed by atoms with van der Waals surface area (Å²) >= 11 is 6.21. The molecule has 6 nitrogen and oxygen atoms in total. The minimum Gasteiger partial charge on any atom is -0.305 e. The third-order valence-electron chi connectivity index (χ3n) is 4.16. The number of urea groups is 1. The first-order chi connectivity index (χ1) is 9.37. The zero-order valence-electron chi connectivity index (χ0n) is 12.2. The summed E-state index contributed by atoms with van der Waals surface area (Å²) in [5.41, 5.74) is 0.763. The Labute approximate surface area is 123 Å². The van der Waals surface area contributed by atoms with Crippen molar-refractivity contribution < 1.29 is 9.59 Å². The molecule has 0 atom stereocenters. The van der Waals surface area contributed by atoms with Crippen LogP contribution in [0.5, 0.6) is 0 Å². The van der Waals surface area contributed by atoms with Crippen LogP contribution >= 0.6 is 11.6 Å². The summed E-state index contributed by atoms with van der Waals surface area (Å²) in [6.07, 6.45) is 1.13. The van der Waals surface area contributed by atoms with Crippen molar-refractivity contribution in [2.45, 2.75) is 45.7 Å². The molecule has 0 unspecified atom stereocenters. The molecule has 1 saturated heterocycles. The number of amides is 3. The minimum atomic E-state index is -0.789. The zero-order valence-corrected chi connectivity index (χ0v) is 12.9. The van der Waals surface area contributed by atoms with Gasteiger partial charge in [0, 0.05) is 12.6 Å². The van der Waals surface area contributed by atoms with E-state index in [9.17, 15) is 9.59 Å². The molecule has 0 aliphatic carbocycles. The Morgan fingerprint density at radius 1 is 1.30 bits per heavy atom. The van der Waals surface area contributed by atoms with E-state index in [0.29, 0.717) is 18.0 Å². The molecule has 1 aliphatic rings. The van der Waals surface area contributed by atoms with Gasteiger partial charge >= 0.3 is 6.03 Å². The molecule has 0 radical (unpaired) electrons. The van der Waals surface area contributed by atoms with Gasteiger partial charge in [-0.3, -0.25) is 14.8 Å². The molecular weight excluding hydrogens is 280 g/mol. The Morgan fingerprint density at radius 2 is 1.90 bits per heavy atom. The topological polar surface area (TPSA) is 67.2 Å². The van der Waals surface area contributed by atoms with Crippen LogP contribution < -0.4 is 5.32 Å². The lowest BCUT2D eigenvalue weighted by atomic mass is 9.91. The van der Waals surface area contributed by atoms with E-state index < -0.39 is 5.54 Å². The van der Waals surface area contributed by atoms with Crippen molar-refractivity contribution in [1.29, 1.82) is 0 Å². The SMILES string of the molecule is CCC1(CC)C(=O)NC(=O)N1Cc1c(C)nn(C)c1Cl. The molecule has 3 amide bonds. The third kappa shape index (κ3) is 1.98. The van der Waals surface area contributed by atoms with Gasteiger partial charge in [0.1, 0.15) is 10.7 Å². The Bertz CT molecular complexity index is 563. The maximum atomic E-state index is 12.1. The fourth-order valence-electron chi connectivity index (χ4n) is 2.79. The van der Waals surface area contributed by atoms with E-state index in [1.165, 1.54) is 0 Å². The minimum absolute atomic E-state index is 0.231. The summed E-state index contributed by atoms with van der Waals surface area (Å²) in [5.74, 6) is -0.231. The molecule has 0 spiro atoms. The number of carbonyl (C=O) groups excluding carboxylic acids is 2. The van der Waals surface area contributed by atoms with Crippen LogP contribution in [0.4, 0.5) is 4.79 Å². The fraction of sp³-hybridized carbons (Fsp3) is 0.615. The average Bonchev–Trinajstić information content (AvgIpc) is 2.78. The second-order valence-electron chi connectivity index (χ2n) is 5.06. The lowest BCUT2D eigenvalue weighted by molar-refractivity contribution is -0.127. The van der Waals surface area contributed by atoms with Crippen molar-refractivity contribution in [3.8, 4) is 0 Å². The highest BCUT2D eigenvalue weighted by Gasteiger charge is 2.50. The highest BCUT2D eigenvalue weighted by atomic mass is 35.5. The van der Waals surface area contributed by atoms with E-state index in [2.05, 4.69) is 10.4 Å². The van der Waals surface area contributed by atoms with Crippen LogP contribution in [0.2, 0.25) is 5.15 Å². The highest BCUT2D eigenvalue weighted by Crippen LogP contribution is 2.32. The molecule has 0 saturated carbocycles. The van der Waals surface area contributed by atoms with E-state index in [-0.39, 0.29) is 18.5 Å². The van der Waals surface area contributed by atoms with Gasteiger partial charge in [0.2, 0.25) is 0 Å². The smallest absolute Gasteiger partial charge is 0.305 e. The van der Waals surface area contributed by atoms with Crippen molar-refractivity contribution in [2.75, 3.05) is 0 Å². The largest absolute Gasteiger partial charge is 0.325 e. The Morgan fingerprint density at radius 3 is 2.35 bits per heavy atom. The van der Waals surface area contributed by atoms with Gasteiger partial charge in [-0.25, -0.2) is 4.79 Å². The molecule has 0 aromatic carbocycles. The van der Waals surface area contributed by atoms with E-state index in [1.807, 2.05) is 20.8 Å². The zero-order chi connectivity index (χ0) is 15.1. The van der Waals surface area contributed by atoms with E-state index in [1.54, 1.807) is 16.6 Å². The van der Waals surface area contributed by atoms with E-state index in [4.69, 9.17) is 11.6 Å². The number of rotatable bonds is 4. The number of aryl methyl sites for hydroxylation is 2. The fourth-order valence-corrected chi connectivity index (χ4v) is 3.02. The summed E-state index contributed by atoms with van der Waals surface area (Å²) in [7, 11) is 1.75. The van der Waals surface area contributed by atoms with Crippen molar-refractivity contribution in [3.63, 3.8) is 0 Å². The summed E-state index contributed by atoms with van der Waals surface area (Å²) in [5, 5.41) is 7.14. The van der Waals surface area contributed by atoms with Crippen LogP contribution in [-0.4, -0.2) is 32.2 Å². The Kier molecular flexibility index (Phi) is 3.77. The van der Waals surface area contributed by atoms with Crippen molar-refractivity contribution in [2.24, 2.45) is 7.05 Å². The summed E-state index contributed by atoms with van der Waals surface area (Å²) in [6.45, 7) is 5.95.